The van der Waals surface area contributed by atoms with Crippen LogP contribution in [-0.4, -0.2) is 41.9 Å². The largest absolute Gasteiger partial charge is 0.388 e. The molecule has 0 saturated heterocycles. The molecule has 2 heteroatoms. The lowest BCUT2D eigenvalue weighted by atomic mass is 10.1. The highest BCUT2D eigenvalue weighted by Gasteiger charge is 2.24. The molecule has 1 unspecified atom stereocenters. The van der Waals surface area contributed by atoms with Gasteiger partial charge in [-0.2, -0.15) is 0 Å². The molecule has 2 nitrogen and oxygen atoms in total. The molecule has 0 aromatic heterocycles. The van der Waals surface area contributed by atoms with Crippen molar-refractivity contribution in [1.29, 1.82) is 0 Å². The molecular formula is C19H42NO+. The number of hydrogen-bond donors (Lipinski definition) is 1. The Morgan fingerprint density at radius 3 is 1.52 bits per heavy atom. The summed E-state index contributed by atoms with van der Waals surface area (Å²) in [5.74, 6) is 0. The van der Waals surface area contributed by atoms with Crippen LogP contribution in [0.3, 0.4) is 0 Å². The Bertz CT molecular complexity index is 212. The number of rotatable bonds is 15. The van der Waals surface area contributed by atoms with Gasteiger partial charge in [0.25, 0.3) is 0 Å². The quantitative estimate of drug-likeness (QED) is 0.328. The van der Waals surface area contributed by atoms with Crippen LogP contribution in [-0.2, 0) is 0 Å². The van der Waals surface area contributed by atoms with Gasteiger partial charge >= 0.3 is 0 Å². The van der Waals surface area contributed by atoms with E-state index in [1.807, 2.05) is 6.92 Å². The minimum Gasteiger partial charge on any atom is -0.388 e. The first-order chi connectivity index (χ1) is 10.1. The van der Waals surface area contributed by atoms with Crippen LogP contribution >= 0.6 is 0 Å². The fourth-order valence-corrected chi connectivity index (χ4v) is 3.38. The zero-order valence-electron chi connectivity index (χ0n) is 15.4. The molecule has 21 heavy (non-hydrogen) atoms. The topological polar surface area (TPSA) is 20.2 Å². The Labute approximate surface area is 134 Å². The van der Waals surface area contributed by atoms with Crippen LogP contribution in [0.1, 0.15) is 91.9 Å². The maximum absolute atomic E-state index is 9.70. The van der Waals surface area contributed by atoms with Gasteiger partial charge in [0.05, 0.1) is 19.6 Å². The molecular weight excluding hydrogens is 258 g/mol. The lowest BCUT2D eigenvalue weighted by Crippen LogP contribution is -2.52. The number of likely N-dealkylation sites (N-methyl/N-ethyl adjacent to an activating group) is 1. The summed E-state index contributed by atoms with van der Waals surface area (Å²) in [6.07, 6.45) is 13.8. The maximum Gasteiger partial charge on any atom is 0.105 e. The van der Waals surface area contributed by atoms with E-state index in [4.69, 9.17) is 0 Å². The van der Waals surface area contributed by atoms with Crippen molar-refractivity contribution in [2.24, 2.45) is 0 Å². The van der Waals surface area contributed by atoms with E-state index in [2.05, 4.69) is 20.8 Å². The number of unbranched alkanes of at least 4 members (excludes halogenated alkanes) is 9. The second kappa shape index (κ2) is 13.6. The first kappa shape index (κ1) is 20.9. The summed E-state index contributed by atoms with van der Waals surface area (Å²) in [6, 6.07) is 0. The standard InChI is InChI=1S/C19H42NO/c1-5-8-9-10-11-12-13-14-15-16-17-20(6-2,7-3)18-19(4)21/h19,21H,5-18H2,1-4H3/q+1. The van der Waals surface area contributed by atoms with Crippen LogP contribution in [0.5, 0.6) is 0 Å². The van der Waals surface area contributed by atoms with Crippen molar-refractivity contribution in [2.45, 2.75) is 98.0 Å². The minimum atomic E-state index is -0.173. The molecule has 0 heterocycles. The lowest BCUT2D eigenvalue weighted by molar-refractivity contribution is -0.927. The van der Waals surface area contributed by atoms with Gasteiger partial charge in [-0.25, -0.2) is 0 Å². The van der Waals surface area contributed by atoms with E-state index in [1.54, 1.807) is 0 Å². The molecule has 0 fully saturated rings. The van der Waals surface area contributed by atoms with E-state index in [9.17, 15) is 5.11 Å². The maximum atomic E-state index is 9.70. The monoisotopic (exact) mass is 300 g/mol. The van der Waals surface area contributed by atoms with Crippen LogP contribution in [0, 0.1) is 0 Å². The predicted molar refractivity (Wildman–Crippen MR) is 94.6 cm³/mol. The Hall–Kier alpha value is -0.0800. The van der Waals surface area contributed by atoms with Crippen molar-refractivity contribution in [3.8, 4) is 0 Å². The van der Waals surface area contributed by atoms with Crippen LogP contribution in [0.4, 0.5) is 0 Å². The third kappa shape index (κ3) is 11.2. The number of quaternary nitrogens is 1. The summed E-state index contributed by atoms with van der Waals surface area (Å²) in [5.41, 5.74) is 0. The molecule has 1 atom stereocenters. The molecule has 0 aromatic rings. The second-order valence-corrected chi connectivity index (χ2v) is 6.91. The first-order valence-corrected chi connectivity index (χ1v) is 9.63. The van der Waals surface area contributed by atoms with Crippen LogP contribution in [0.15, 0.2) is 0 Å². The molecule has 1 N–H and O–H groups in total. The highest BCUT2D eigenvalue weighted by molar-refractivity contribution is 4.51. The summed E-state index contributed by atoms with van der Waals surface area (Å²) < 4.78 is 1.09. The van der Waals surface area contributed by atoms with Crippen LogP contribution in [0.25, 0.3) is 0 Å². The molecule has 0 aliphatic rings. The smallest absolute Gasteiger partial charge is 0.105 e. The van der Waals surface area contributed by atoms with Gasteiger partial charge in [-0.1, -0.05) is 58.3 Å². The molecule has 0 bridgehead atoms. The van der Waals surface area contributed by atoms with E-state index in [0.29, 0.717) is 0 Å². The van der Waals surface area contributed by atoms with Crippen molar-refractivity contribution in [3.63, 3.8) is 0 Å². The van der Waals surface area contributed by atoms with Crippen molar-refractivity contribution in [2.75, 3.05) is 26.2 Å². The Kier molecular flexibility index (Phi) is 13.5. The molecule has 0 saturated carbocycles. The highest BCUT2D eigenvalue weighted by atomic mass is 16.3. The van der Waals surface area contributed by atoms with Crippen molar-refractivity contribution in [3.05, 3.63) is 0 Å². The number of hydrogen-bond acceptors (Lipinski definition) is 1. The van der Waals surface area contributed by atoms with E-state index >= 15 is 0 Å². The van der Waals surface area contributed by atoms with Gasteiger partial charge < -0.3 is 9.59 Å². The van der Waals surface area contributed by atoms with Crippen molar-refractivity contribution >= 4 is 0 Å². The van der Waals surface area contributed by atoms with E-state index in [0.717, 1.165) is 24.1 Å². The van der Waals surface area contributed by atoms with Gasteiger partial charge in [0.2, 0.25) is 0 Å². The van der Waals surface area contributed by atoms with E-state index in [1.165, 1.54) is 70.8 Å². The fraction of sp³-hybridized carbons (Fsp3) is 1.00. The number of nitrogens with zero attached hydrogens (tertiary/aromatic N) is 1. The first-order valence-electron chi connectivity index (χ1n) is 9.63. The van der Waals surface area contributed by atoms with E-state index in [-0.39, 0.29) is 6.10 Å². The highest BCUT2D eigenvalue weighted by Crippen LogP contribution is 2.14. The van der Waals surface area contributed by atoms with Gasteiger partial charge in [0.1, 0.15) is 12.6 Å². The molecule has 0 aliphatic carbocycles. The lowest BCUT2D eigenvalue weighted by Gasteiger charge is -2.38. The Morgan fingerprint density at radius 2 is 1.14 bits per heavy atom. The molecule has 128 valence electrons. The summed E-state index contributed by atoms with van der Waals surface area (Å²) in [5, 5.41) is 9.70. The predicted octanol–water partition coefficient (Wildman–Crippen LogP) is 5.14. The average molecular weight is 301 g/mol. The van der Waals surface area contributed by atoms with Gasteiger partial charge in [0, 0.05) is 0 Å². The minimum absolute atomic E-state index is 0.173. The van der Waals surface area contributed by atoms with E-state index < -0.39 is 0 Å². The fourth-order valence-electron chi connectivity index (χ4n) is 3.38. The van der Waals surface area contributed by atoms with Crippen LogP contribution < -0.4 is 0 Å². The zero-order chi connectivity index (χ0) is 16.0. The Balaban J connectivity index is 3.58. The summed E-state index contributed by atoms with van der Waals surface area (Å²) in [6.45, 7) is 13.2. The van der Waals surface area contributed by atoms with Crippen LogP contribution in [0.2, 0.25) is 0 Å². The average Bonchev–Trinajstić information content (AvgIpc) is 2.47. The number of aliphatic hydroxyl groups excluding tert-OH is 1. The molecule has 0 amide bonds. The van der Waals surface area contributed by atoms with Gasteiger partial charge in [-0.15, -0.1) is 0 Å². The van der Waals surface area contributed by atoms with Gasteiger partial charge in [0.15, 0.2) is 0 Å². The Morgan fingerprint density at radius 1 is 0.714 bits per heavy atom. The third-order valence-corrected chi connectivity index (χ3v) is 4.98. The van der Waals surface area contributed by atoms with Crippen molar-refractivity contribution in [1.82, 2.24) is 0 Å². The van der Waals surface area contributed by atoms with Gasteiger partial charge in [-0.3, -0.25) is 0 Å². The molecule has 0 aliphatic heterocycles. The summed E-state index contributed by atoms with van der Waals surface area (Å²) >= 11 is 0. The molecule has 0 rings (SSSR count). The third-order valence-electron chi connectivity index (χ3n) is 4.98. The van der Waals surface area contributed by atoms with Crippen molar-refractivity contribution < 1.29 is 9.59 Å². The summed E-state index contributed by atoms with van der Waals surface area (Å²) in [7, 11) is 0. The molecule has 0 spiro atoms. The SMILES string of the molecule is CCCCCCCCCCCC[N+](CC)(CC)CC(C)O. The van der Waals surface area contributed by atoms with Gasteiger partial charge in [-0.05, 0) is 33.6 Å². The second-order valence-electron chi connectivity index (χ2n) is 6.91. The number of aliphatic hydroxyl groups is 1. The molecule has 0 radical (unpaired) electrons. The zero-order valence-corrected chi connectivity index (χ0v) is 15.4. The molecule has 0 aromatic carbocycles. The summed E-state index contributed by atoms with van der Waals surface area (Å²) in [4.78, 5) is 0. The normalized spacial score (nSPS) is 13.6.